The number of aliphatic hydroxyl groups excluding tert-OH is 1. The summed E-state index contributed by atoms with van der Waals surface area (Å²) in [5, 5.41) is 16.5. The Hall–Kier alpha value is -2.70. The zero-order valence-electron chi connectivity index (χ0n) is 18.6. The molecule has 0 aliphatic rings. The Balaban J connectivity index is 2.10. The Morgan fingerprint density at radius 3 is 1.90 bits per heavy atom. The maximum atomic E-state index is 12.9. The second-order valence-corrected chi connectivity index (χ2v) is 8.47. The predicted molar refractivity (Wildman–Crippen MR) is 123 cm³/mol. The van der Waals surface area contributed by atoms with Gasteiger partial charge < -0.3 is 21.5 Å². The number of amides is 2. The quantitative estimate of drug-likeness (QED) is 0.443. The molecule has 6 heteroatoms. The Kier molecular flexibility index (Phi) is 9.69. The molecule has 0 aliphatic heterocycles. The fraction of sp³-hybridized carbons (Fsp3) is 0.440. The maximum Gasteiger partial charge on any atom is 0.243 e. The molecule has 4 atom stereocenters. The first kappa shape index (κ1) is 24.6. The number of carbonyl (C=O) groups is 2. The van der Waals surface area contributed by atoms with Gasteiger partial charge in [-0.25, -0.2) is 0 Å². The van der Waals surface area contributed by atoms with Crippen LogP contribution in [0.15, 0.2) is 60.7 Å². The van der Waals surface area contributed by atoms with E-state index in [9.17, 15) is 14.7 Å². The lowest BCUT2D eigenvalue weighted by Crippen LogP contribution is -2.53. The smallest absolute Gasteiger partial charge is 0.243 e. The molecule has 31 heavy (non-hydrogen) atoms. The van der Waals surface area contributed by atoms with Crippen molar-refractivity contribution in [1.29, 1.82) is 0 Å². The first-order chi connectivity index (χ1) is 14.8. The van der Waals surface area contributed by atoms with Crippen LogP contribution in [0.1, 0.15) is 38.3 Å². The normalized spacial score (nSPS) is 15.0. The lowest BCUT2D eigenvalue weighted by atomic mass is 9.93. The van der Waals surface area contributed by atoms with Gasteiger partial charge in [0.25, 0.3) is 0 Å². The Morgan fingerprint density at radius 2 is 1.42 bits per heavy atom. The molecule has 0 spiro atoms. The summed E-state index contributed by atoms with van der Waals surface area (Å²) in [6.45, 7) is 5.17. The van der Waals surface area contributed by atoms with E-state index in [4.69, 9.17) is 5.73 Å². The molecule has 6 nitrogen and oxygen atoms in total. The van der Waals surface area contributed by atoms with Gasteiger partial charge in [0.2, 0.25) is 11.8 Å². The van der Waals surface area contributed by atoms with Crippen LogP contribution in [0.25, 0.3) is 0 Å². The van der Waals surface area contributed by atoms with Crippen LogP contribution in [-0.4, -0.2) is 41.2 Å². The molecule has 0 heterocycles. The number of hydrogen-bond acceptors (Lipinski definition) is 4. The van der Waals surface area contributed by atoms with Gasteiger partial charge in [-0.2, -0.15) is 0 Å². The molecule has 2 rings (SSSR count). The zero-order chi connectivity index (χ0) is 22.8. The number of aliphatic hydroxyl groups is 1. The van der Waals surface area contributed by atoms with Crippen LogP contribution in [-0.2, 0) is 22.4 Å². The SMILES string of the molecule is CC(=O)N[C@H](C(=O)N[C@@H](Cc1ccccc1)C[C@H](O)[C@@H](N)Cc1ccccc1)C(C)C. The third kappa shape index (κ3) is 8.52. The zero-order valence-corrected chi connectivity index (χ0v) is 18.6. The highest BCUT2D eigenvalue weighted by molar-refractivity contribution is 5.87. The molecule has 0 aliphatic carbocycles. The molecule has 0 fully saturated rings. The minimum atomic E-state index is -0.785. The van der Waals surface area contributed by atoms with E-state index in [1.54, 1.807) is 0 Å². The Morgan fingerprint density at radius 1 is 0.903 bits per heavy atom. The Labute approximate surface area is 185 Å². The van der Waals surface area contributed by atoms with E-state index in [2.05, 4.69) is 10.6 Å². The number of nitrogens with one attached hydrogen (secondary N) is 2. The number of hydrogen-bond donors (Lipinski definition) is 4. The summed E-state index contributed by atoms with van der Waals surface area (Å²) in [5.74, 6) is -0.570. The van der Waals surface area contributed by atoms with Crippen LogP contribution < -0.4 is 16.4 Å². The van der Waals surface area contributed by atoms with E-state index in [1.165, 1.54) is 6.92 Å². The van der Waals surface area contributed by atoms with E-state index < -0.39 is 18.2 Å². The number of benzene rings is 2. The fourth-order valence-corrected chi connectivity index (χ4v) is 3.63. The molecule has 0 unspecified atom stereocenters. The molecule has 0 aromatic heterocycles. The van der Waals surface area contributed by atoms with Crippen LogP contribution >= 0.6 is 0 Å². The van der Waals surface area contributed by atoms with Gasteiger partial charge in [-0.1, -0.05) is 74.5 Å². The lowest BCUT2D eigenvalue weighted by Gasteiger charge is -2.28. The van der Waals surface area contributed by atoms with Gasteiger partial charge in [0.05, 0.1) is 6.10 Å². The maximum absolute atomic E-state index is 12.9. The van der Waals surface area contributed by atoms with E-state index in [1.807, 2.05) is 74.5 Å². The van der Waals surface area contributed by atoms with Crippen LogP contribution in [0.2, 0.25) is 0 Å². The van der Waals surface area contributed by atoms with Crippen molar-refractivity contribution < 1.29 is 14.7 Å². The second-order valence-electron chi connectivity index (χ2n) is 8.47. The van der Waals surface area contributed by atoms with Crippen LogP contribution in [0, 0.1) is 5.92 Å². The van der Waals surface area contributed by atoms with E-state index in [0.717, 1.165) is 11.1 Å². The van der Waals surface area contributed by atoms with Crippen molar-refractivity contribution in [2.45, 2.75) is 64.3 Å². The van der Waals surface area contributed by atoms with Crippen LogP contribution in [0.3, 0.4) is 0 Å². The first-order valence-corrected chi connectivity index (χ1v) is 10.8. The van der Waals surface area contributed by atoms with Crippen molar-refractivity contribution in [2.24, 2.45) is 11.7 Å². The van der Waals surface area contributed by atoms with Crippen LogP contribution in [0.5, 0.6) is 0 Å². The minimum absolute atomic E-state index is 0.0634. The monoisotopic (exact) mass is 425 g/mol. The molecule has 2 amide bonds. The van der Waals surface area contributed by atoms with Gasteiger partial charge >= 0.3 is 0 Å². The summed E-state index contributed by atoms with van der Waals surface area (Å²) in [6.07, 6.45) is 0.646. The molecular formula is C25H35N3O3. The van der Waals surface area contributed by atoms with Gasteiger partial charge in [0.1, 0.15) is 6.04 Å². The average molecular weight is 426 g/mol. The molecule has 5 N–H and O–H groups in total. The topological polar surface area (TPSA) is 104 Å². The molecule has 0 saturated carbocycles. The third-order valence-corrected chi connectivity index (χ3v) is 5.31. The van der Waals surface area contributed by atoms with Gasteiger partial charge in [0, 0.05) is 19.0 Å². The van der Waals surface area contributed by atoms with Crippen LogP contribution in [0.4, 0.5) is 0 Å². The molecule has 0 radical (unpaired) electrons. The van der Waals surface area contributed by atoms with Gasteiger partial charge in [-0.15, -0.1) is 0 Å². The molecule has 168 valence electrons. The standard InChI is InChI=1S/C25H35N3O3/c1-17(2)24(27-18(3)29)25(31)28-21(14-19-10-6-4-7-11-19)16-23(30)22(26)15-20-12-8-5-9-13-20/h4-13,17,21-24,30H,14-16,26H2,1-3H3,(H,27,29)(H,28,31)/t21-,22-,23-,24-/m0/s1. The largest absolute Gasteiger partial charge is 0.391 e. The van der Waals surface area contributed by atoms with Gasteiger partial charge in [0.15, 0.2) is 0 Å². The van der Waals surface area contributed by atoms with Crippen molar-refractivity contribution in [2.75, 3.05) is 0 Å². The molecule has 2 aromatic carbocycles. The summed E-state index contributed by atoms with van der Waals surface area (Å²) >= 11 is 0. The Bertz CT molecular complexity index is 811. The molecule has 0 bridgehead atoms. The summed E-state index contributed by atoms with van der Waals surface area (Å²) in [6, 6.07) is 18.2. The highest BCUT2D eigenvalue weighted by atomic mass is 16.3. The first-order valence-electron chi connectivity index (χ1n) is 10.8. The number of carbonyl (C=O) groups excluding carboxylic acids is 2. The fourth-order valence-electron chi connectivity index (χ4n) is 3.63. The number of nitrogens with two attached hydrogens (primary N) is 1. The lowest BCUT2D eigenvalue weighted by molar-refractivity contribution is -0.129. The van der Waals surface area contributed by atoms with Crippen molar-refractivity contribution in [3.8, 4) is 0 Å². The average Bonchev–Trinajstić information content (AvgIpc) is 2.73. The summed E-state index contributed by atoms with van der Waals surface area (Å²) in [5.41, 5.74) is 8.39. The van der Waals surface area contributed by atoms with Crippen molar-refractivity contribution >= 4 is 11.8 Å². The second kappa shape index (κ2) is 12.2. The molecule has 2 aromatic rings. The van der Waals surface area contributed by atoms with Gasteiger partial charge in [-0.3, -0.25) is 9.59 Å². The van der Waals surface area contributed by atoms with Gasteiger partial charge in [-0.05, 0) is 36.3 Å². The van der Waals surface area contributed by atoms with Crippen molar-refractivity contribution in [3.63, 3.8) is 0 Å². The van der Waals surface area contributed by atoms with Crippen molar-refractivity contribution in [1.82, 2.24) is 10.6 Å². The van der Waals surface area contributed by atoms with Crippen molar-refractivity contribution in [3.05, 3.63) is 71.8 Å². The summed E-state index contributed by atoms with van der Waals surface area (Å²) < 4.78 is 0. The molecule has 0 saturated heterocycles. The number of rotatable bonds is 11. The summed E-state index contributed by atoms with van der Waals surface area (Å²) in [4.78, 5) is 24.5. The highest BCUT2D eigenvalue weighted by Crippen LogP contribution is 2.13. The highest BCUT2D eigenvalue weighted by Gasteiger charge is 2.27. The van der Waals surface area contributed by atoms with E-state index >= 15 is 0 Å². The van der Waals surface area contributed by atoms with E-state index in [0.29, 0.717) is 19.3 Å². The van der Waals surface area contributed by atoms with E-state index in [-0.39, 0.29) is 23.8 Å². The predicted octanol–water partition coefficient (Wildman–Crippen LogP) is 2.20. The third-order valence-electron chi connectivity index (χ3n) is 5.31. The molecular weight excluding hydrogens is 390 g/mol. The summed E-state index contributed by atoms with van der Waals surface area (Å²) in [7, 11) is 0. The minimum Gasteiger partial charge on any atom is -0.391 e.